The van der Waals surface area contributed by atoms with Crippen molar-refractivity contribution in [2.24, 2.45) is 11.7 Å². The van der Waals surface area contributed by atoms with Crippen molar-refractivity contribution in [2.45, 2.75) is 25.8 Å². The highest BCUT2D eigenvalue weighted by molar-refractivity contribution is 5.75. The molecule has 1 aliphatic rings. The SMILES string of the molecule is NC(=O)COc1coc(CN2CCC(Cc3ccccc3)CC2)cc1=O. The number of piperidine rings is 1. The number of rotatable bonds is 7. The van der Waals surface area contributed by atoms with Crippen molar-refractivity contribution in [1.82, 2.24) is 4.90 Å². The van der Waals surface area contributed by atoms with Gasteiger partial charge in [-0.1, -0.05) is 30.3 Å². The third-order valence-electron chi connectivity index (χ3n) is 4.68. The number of primary amides is 1. The number of hydrogen-bond acceptors (Lipinski definition) is 5. The Bertz CT molecular complexity index is 780. The van der Waals surface area contributed by atoms with Gasteiger partial charge < -0.3 is 14.9 Å². The lowest BCUT2D eigenvalue weighted by Crippen LogP contribution is -2.34. The van der Waals surface area contributed by atoms with E-state index in [1.54, 1.807) is 0 Å². The molecule has 6 nitrogen and oxygen atoms in total. The normalized spacial score (nSPS) is 15.7. The van der Waals surface area contributed by atoms with Crippen LogP contribution in [0.2, 0.25) is 0 Å². The molecule has 0 spiro atoms. The first kappa shape index (κ1) is 18.2. The minimum absolute atomic E-state index is 0.00844. The lowest BCUT2D eigenvalue weighted by molar-refractivity contribution is -0.119. The zero-order chi connectivity index (χ0) is 18.4. The van der Waals surface area contributed by atoms with Gasteiger partial charge in [-0.3, -0.25) is 14.5 Å². The molecule has 6 heteroatoms. The van der Waals surface area contributed by atoms with Crippen LogP contribution in [0.5, 0.6) is 5.75 Å². The number of ether oxygens (including phenoxy) is 1. The average Bonchev–Trinajstić information content (AvgIpc) is 2.63. The van der Waals surface area contributed by atoms with Crippen molar-refractivity contribution < 1.29 is 13.9 Å². The molecule has 0 unspecified atom stereocenters. The quantitative estimate of drug-likeness (QED) is 0.820. The van der Waals surface area contributed by atoms with E-state index in [9.17, 15) is 9.59 Å². The summed E-state index contributed by atoms with van der Waals surface area (Å²) in [6.07, 6.45) is 4.65. The summed E-state index contributed by atoms with van der Waals surface area (Å²) in [6, 6.07) is 12.0. The number of carbonyl (C=O) groups excluding carboxylic acids is 1. The molecule has 2 heterocycles. The third-order valence-corrected chi connectivity index (χ3v) is 4.68. The van der Waals surface area contributed by atoms with Crippen molar-refractivity contribution in [3.05, 3.63) is 64.2 Å². The molecular formula is C20H24N2O4. The second kappa shape index (κ2) is 8.67. The smallest absolute Gasteiger partial charge is 0.255 e. The fourth-order valence-electron chi connectivity index (χ4n) is 3.29. The first-order valence-electron chi connectivity index (χ1n) is 8.89. The van der Waals surface area contributed by atoms with E-state index in [-0.39, 0.29) is 17.8 Å². The molecule has 1 aromatic heterocycles. The Hall–Kier alpha value is -2.60. The summed E-state index contributed by atoms with van der Waals surface area (Å²) in [5.74, 6) is 0.675. The summed E-state index contributed by atoms with van der Waals surface area (Å²) in [7, 11) is 0. The van der Waals surface area contributed by atoms with Crippen LogP contribution in [0.3, 0.4) is 0 Å². The van der Waals surface area contributed by atoms with E-state index < -0.39 is 5.91 Å². The predicted octanol–water partition coefficient (Wildman–Crippen LogP) is 1.96. The number of benzene rings is 1. The van der Waals surface area contributed by atoms with Gasteiger partial charge in [-0.2, -0.15) is 0 Å². The van der Waals surface area contributed by atoms with Crippen molar-refractivity contribution >= 4 is 5.91 Å². The molecule has 0 bridgehead atoms. The largest absolute Gasteiger partial charge is 0.477 e. The van der Waals surface area contributed by atoms with E-state index in [4.69, 9.17) is 14.9 Å². The molecule has 0 radical (unpaired) electrons. The highest BCUT2D eigenvalue weighted by Gasteiger charge is 2.20. The summed E-state index contributed by atoms with van der Waals surface area (Å²) >= 11 is 0. The second-order valence-corrected chi connectivity index (χ2v) is 6.74. The molecule has 3 rings (SSSR count). The summed E-state index contributed by atoms with van der Waals surface area (Å²) in [5.41, 5.74) is 6.09. The Morgan fingerprint density at radius 3 is 2.62 bits per heavy atom. The van der Waals surface area contributed by atoms with Gasteiger partial charge in [-0.05, 0) is 43.8 Å². The molecule has 0 atom stereocenters. The Morgan fingerprint density at radius 1 is 1.23 bits per heavy atom. The second-order valence-electron chi connectivity index (χ2n) is 6.74. The van der Waals surface area contributed by atoms with Crippen molar-refractivity contribution in [1.29, 1.82) is 0 Å². The van der Waals surface area contributed by atoms with E-state index in [2.05, 4.69) is 29.2 Å². The van der Waals surface area contributed by atoms with Crippen LogP contribution in [0, 0.1) is 5.92 Å². The van der Waals surface area contributed by atoms with Crippen LogP contribution in [0.1, 0.15) is 24.2 Å². The van der Waals surface area contributed by atoms with Gasteiger partial charge in [0.2, 0.25) is 11.2 Å². The summed E-state index contributed by atoms with van der Waals surface area (Å²) < 4.78 is 10.5. The molecule has 1 aromatic carbocycles. The van der Waals surface area contributed by atoms with E-state index >= 15 is 0 Å². The molecular weight excluding hydrogens is 332 g/mol. The van der Waals surface area contributed by atoms with Crippen LogP contribution >= 0.6 is 0 Å². The molecule has 1 fully saturated rings. The Balaban J connectivity index is 1.49. The van der Waals surface area contributed by atoms with Crippen molar-refractivity contribution in [2.75, 3.05) is 19.7 Å². The van der Waals surface area contributed by atoms with Crippen LogP contribution in [-0.4, -0.2) is 30.5 Å². The van der Waals surface area contributed by atoms with Gasteiger partial charge in [0, 0.05) is 6.07 Å². The molecule has 0 saturated carbocycles. The zero-order valence-corrected chi connectivity index (χ0v) is 14.7. The summed E-state index contributed by atoms with van der Waals surface area (Å²) in [6.45, 7) is 2.24. The molecule has 2 aromatic rings. The molecule has 2 N–H and O–H groups in total. The van der Waals surface area contributed by atoms with Gasteiger partial charge in [0.25, 0.3) is 5.91 Å². The number of carbonyl (C=O) groups is 1. The maximum absolute atomic E-state index is 12.0. The van der Waals surface area contributed by atoms with Gasteiger partial charge in [-0.25, -0.2) is 0 Å². The molecule has 138 valence electrons. The van der Waals surface area contributed by atoms with Crippen molar-refractivity contribution in [3.8, 4) is 5.75 Å². The van der Waals surface area contributed by atoms with Gasteiger partial charge in [0.15, 0.2) is 6.61 Å². The zero-order valence-electron chi connectivity index (χ0n) is 14.7. The molecule has 1 saturated heterocycles. The van der Waals surface area contributed by atoms with Gasteiger partial charge in [-0.15, -0.1) is 0 Å². The van der Waals surface area contributed by atoms with Crippen LogP contribution < -0.4 is 15.9 Å². The fourth-order valence-corrected chi connectivity index (χ4v) is 3.29. The van der Waals surface area contributed by atoms with Crippen LogP contribution in [-0.2, 0) is 17.8 Å². The van der Waals surface area contributed by atoms with E-state index in [0.29, 0.717) is 18.2 Å². The molecule has 26 heavy (non-hydrogen) atoms. The van der Waals surface area contributed by atoms with E-state index in [0.717, 1.165) is 32.4 Å². The highest BCUT2D eigenvalue weighted by atomic mass is 16.5. The van der Waals surface area contributed by atoms with Crippen LogP contribution in [0.4, 0.5) is 0 Å². The number of likely N-dealkylation sites (tertiary alicyclic amines) is 1. The number of amides is 1. The van der Waals surface area contributed by atoms with Gasteiger partial charge in [0.05, 0.1) is 6.54 Å². The number of nitrogens with zero attached hydrogens (tertiary/aromatic N) is 1. The summed E-state index contributed by atoms with van der Waals surface area (Å²) in [5, 5.41) is 0. The highest BCUT2D eigenvalue weighted by Crippen LogP contribution is 2.22. The predicted molar refractivity (Wildman–Crippen MR) is 97.8 cm³/mol. The van der Waals surface area contributed by atoms with Crippen molar-refractivity contribution in [3.63, 3.8) is 0 Å². The average molecular weight is 356 g/mol. The van der Waals surface area contributed by atoms with Gasteiger partial charge in [0.1, 0.15) is 12.0 Å². The number of hydrogen-bond donors (Lipinski definition) is 1. The minimum Gasteiger partial charge on any atom is -0.477 e. The first-order valence-corrected chi connectivity index (χ1v) is 8.89. The first-order chi connectivity index (χ1) is 12.6. The molecule has 0 aliphatic carbocycles. The van der Waals surface area contributed by atoms with Crippen LogP contribution in [0.25, 0.3) is 0 Å². The van der Waals surface area contributed by atoms with Crippen LogP contribution in [0.15, 0.2) is 51.9 Å². The van der Waals surface area contributed by atoms with E-state index in [1.807, 2.05) is 6.07 Å². The maximum Gasteiger partial charge on any atom is 0.255 e. The lowest BCUT2D eigenvalue weighted by atomic mass is 9.90. The monoisotopic (exact) mass is 356 g/mol. The summed E-state index contributed by atoms with van der Waals surface area (Å²) in [4.78, 5) is 25.0. The van der Waals surface area contributed by atoms with E-state index in [1.165, 1.54) is 17.9 Å². The lowest BCUT2D eigenvalue weighted by Gasteiger charge is -2.31. The molecule has 1 aliphatic heterocycles. The fraction of sp³-hybridized carbons (Fsp3) is 0.400. The topological polar surface area (TPSA) is 85.8 Å². The van der Waals surface area contributed by atoms with Gasteiger partial charge >= 0.3 is 0 Å². The Kier molecular flexibility index (Phi) is 6.07. The standard InChI is InChI=1S/C20H24N2O4/c21-20(24)14-26-19-13-25-17(11-18(19)23)12-22-8-6-16(7-9-22)10-15-4-2-1-3-5-15/h1-5,11,13,16H,6-10,12,14H2,(H2,21,24). The molecule has 1 amide bonds. The maximum atomic E-state index is 12.0. The Morgan fingerprint density at radius 2 is 1.96 bits per heavy atom. The number of nitrogens with two attached hydrogens (primary N) is 1. The minimum atomic E-state index is -0.633. The Labute approximate surface area is 152 Å². The third kappa shape index (κ3) is 5.20.